The highest BCUT2D eigenvalue weighted by atomic mass is 16.7. The molecule has 1 rings (SSSR count). The first-order chi connectivity index (χ1) is 5.26. The van der Waals surface area contributed by atoms with Gasteiger partial charge in [-0.05, 0) is 12.8 Å². The molecule has 1 aliphatic rings. The highest BCUT2D eigenvalue weighted by Gasteiger charge is 2.35. The number of hydrogen-bond acceptors (Lipinski definition) is 3. The Labute approximate surface area is 67.6 Å². The predicted octanol–water partition coefficient (Wildman–Crippen LogP) is 1.28. The van der Waals surface area contributed by atoms with Crippen LogP contribution in [0.4, 0.5) is 0 Å². The van der Waals surface area contributed by atoms with E-state index in [0.717, 1.165) is 25.0 Å². The Morgan fingerprint density at radius 3 is 2.64 bits per heavy atom. The zero-order valence-electron chi connectivity index (χ0n) is 7.26. The van der Waals surface area contributed by atoms with Crippen molar-refractivity contribution in [3.8, 4) is 0 Å². The molecule has 0 aromatic carbocycles. The van der Waals surface area contributed by atoms with E-state index in [0.29, 0.717) is 6.54 Å². The molecule has 64 valence electrons. The normalized spacial score (nSPS) is 29.9. The van der Waals surface area contributed by atoms with Crippen molar-refractivity contribution in [3.05, 3.63) is 0 Å². The Morgan fingerprint density at radius 1 is 1.64 bits per heavy atom. The van der Waals surface area contributed by atoms with Gasteiger partial charge in [0.25, 0.3) is 0 Å². The van der Waals surface area contributed by atoms with Crippen molar-refractivity contribution in [2.24, 2.45) is 10.9 Å². The number of nitrogens with zero attached hydrogens (tertiary/aromatic N) is 1. The predicted molar refractivity (Wildman–Crippen MR) is 45.5 cm³/mol. The van der Waals surface area contributed by atoms with Crippen molar-refractivity contribution >= 4 is 5.71 Å². The van der Waals surface area contributed by atoms with Gasteiger partial charge in [0, 0.05) is 13.0 Å². The fourth-order valence-corrected chi connectivity index (χ4v) is 1.23. The number of nitrogens with two attached hydrogens (primary N) is 1. The summed E-state index contributed by atoms with van der Waals surface area (Å²) in [5, 5.41) is 3.99. The molecule has 1 atom stereocenters. The molecule has 0 aromatic heterocycles. The lowest BCUT2D eigenvalue weighted by atomic mass is 9.94. The Kier molecular flexibility index (Phi) is 2.49. The van der Waals surface area contributed by atoms with E-state index in [-0.39, 0.29) is 5.60 Å². The lowest BCUT2D eigenvalue weighted by molar-refractivity contribution is -0.0140. The van der Waals surface area contributed by atoms with Gasteiger partial charge in [-0.2, -0.15) is 0 Å². The van der Waals surface area contributed by atoms with Crippen molar-refractivity contribution < 1.29 is 4.84 Å². The minimum Gasteiger partial charge on any atom is -0.388 e. The molecule has 3 nitrogen and oxygen atoms in total. The van der Waals surface area contributed by atoms with Gasteiger partial charge in [0.2, 0.25) is 0 Å². The molecule has 0 radical (unpaired) electrons. The van der Waals surface area contributed by atoms with Crippen LogP contribution >= 0.6 is 0 Å². The molecule has 11 heavy (non-hydrogen) atoms. The molecular weight excluding hydrogens is 140 g/mol. The van der Waals surface area contributed by atoms with E-state index in [1.807, 2.05) is 0 Å². The van der Waals surface area contributed by atoms with Gasteiger partial charge in [0.1, 0.15) is 0 Å². The maximum atomic E-state index is 5.60. The van der Waals surface area contributed by atoms with Gasteiger partial charge < -0.3 is 10.6 Å². The van der Waals surface area contributed by atoms with E-state index in [4.69, 9.17) is 10.6 Å². The minimum atomic E-state index is -0.175. The topological polar surface area (TPSA) is 47.6 Å². The van der Waals surface area contributed by atoms with E-state index in [1.165, 1.54) is 0 Å². The molecule has 0 saturated carbocycles. The maximum absolute atomic E-state index is 5.60. The molecule has 0 bridgehead atoms. The molecule has 3 heteroatoms. The van der Waals surface area contributed by atoms with Crippen LogP contribution < -0.4 is 5.73 Å². The Balaban J connectivity index is 2.54. The average Bonchev–Trinajstić information content (AvgIpc) is 2.49. The SMILES string of the molecule is CCC1=NOC(CC)(CN)C1. The van der Waals surface area contributed by atoms with E-state index >= 15 is 0 Å². The van der Waals surface area contributed by atoms with E-state index in [2.05, 4.69) is 19.0 Å². The molecule has 0 spiro atoms. The maximum Gasteiger partial charge on any atom is 0.154 e. The monoisotopic (exact) mass is 156 g/mol. The third-order valence-corrected chi connectivity index (χ3v) is 2.32. The van der Waals surface area contributed by atoms with Crippen molar-refractivity contribution in [2.45, 2.75) is 38.7 Å². The fourth-order valence-electron chi connectivity index (χ4n) is 1.23. The molecule has 0 aromatic rings. The number of hydrogen-bond donors (Lipinski definition) is 1. The van der Waals surface area contributed by atoms with Gasteiger partial charge in [-0.25, -0.2) is 0 Å². The summed E-state index contributed by atoms with van der Waals surface area (Å²) in [6.07, 6.45) is 2.83. The second-order valence-corrected chi connectivity index (χ2v) is 3.02. The summed E-state index contributed by atoms with van der Waals surface area (Å²) in [4.78, 5) is 5.31. The van der Waals surface area contributed by atoms with Crippen LogP contribution in [0.1, 0.15) is 33.1 Å². The first kappa shape index (κ1) is 8.53. The standard InChI is InChI=1S/C8H16N2O/c1-3-7-5-8(4-2,6-9)11-10-7/h3-6,9H2,1-2H3. The fraction of sp³-hybridized carbons (Fsp3) is 0.875. The second-order valence-electron chi connectivity index (χ2n) is 3.02. The highest BCUT2D eigenvalue weighted by molar-refractivity contribution is 5.85. The molecule has 0 aliphatic carbocycles. The molecular formula is C8H16N2O. The summed E-state index contributed by atoms with van der Waals surface area (Å²) in [6.45, 7) is 4.74. The smallest absolute Gasteiger partial charge is 0.154 e. The minimum absolute atomic E-state index is 0.175. The molecule has 0 fully saturated rings. The van der Waals surface area contributed by atoms with Crippen molar-refractivity contribution in [1.29, 1.82) is 0 Å². The summed E-state index contributed by atoms with van der Waals surface area (Å²) < 4.78 is 0. The van der Waals surface area contributed by atoms with Crippen molar-refractivity contribution in [3.63, 3.8) is 0 Å². The molecule has 1 heterocycles. The summed E-state index contributed by atoms with van der Waals surface area (Å²) in [5.74, 6) is 0. The summed E-state index contributed by atoms with van der Waals surface area (Å²) in [7, 11) is 0. The molecule has 1 unspecified atom stereocenters. The van der Waals surface area contributed by atoms with Gasteiger partial charge in [-0.3, -0.25) is 0 Å². The summed E-state index contributed by atoms with van der Waals surface area (Å²) in [5.41, 5.74) is 6.56. The second kappa shape index (κ2) is 3.22. The summed E-state index contributed by atoms with van der Waals surface area (Å²) >= 11 is 0. The third kappa shape index (κ3) is 1.53. The van der Waals surface area contributed by atoms with Crippen LogP contribution in [0.25, 0.3) is 0 Å². The van der Waals surface area contributed by atoms with Gasteiger partial charge in [-0.15, -0.1) is 0 Å². The Morgan fingerprint density at radius 2 is 2.36 bits per heavy atom. The lowest BCUT2D eigenvalue weighted by Crippen LogP contribution is -2.37. The van der Waals surface area contributed by atoms with Gasteiger partial charge >= 0.3 is 0 Å². The first-order valence-electron chi connectivity index (χ1n) is 4.20. The van der Waals surface area contributed by atoms with Gasteiger partial charge in [0.05, 0.1) is 5.71 Å². The Bertz CT molecular complexity index is 161. The Hall–Kier alpha value is -0.570. The van der Waals surface area contributed by atoms with Crippen LogP contribution in [0.5, 0.6) is 0 Å². The van der Waals surface area contributed by atoms with Crippen LogP contribution in [0.3, 0.4) is 0 Å². The largest absolute Gasteiger partial charge is 0.388 e. The lowest BCUT2D eigenvalue weighted by Gasteiger charge is -2.22. The quantitative estimate of drug-likeness (QED) is 0.669. The molecule has 2 N–H and O–H groups in total. The highest BCUT2D eigenvalue weighted by Crippen LogP contribution is 2.26. The molecule has 1 aliphatic heterocycles. The number of oxime groups is 1. The van der Waals surface area contributed by atoms with E-state index in [1.54, 1.807) is 0 Å². The number of rotatable bonds is 3. The zero-order valence-corrected chi connectivity index (χ0v) is 7.26. The van der Waals surface area contributed by atoms with Crippen LogP contribution in [-0.4, -0.2) is 17.9 Å². The van der Waals surface area contributed by atoms with Crippen molar-refractivity contribution in [2.75, 3.05) is 6.54 Å². The zero-order chi connectivity index (χ0) is 8.32. The molecule has 0 saturated heterocycles. The van der Waals surface area contributed by atoms with Gasteiger partial charge in [0.15, 0.2) is 5.60 Å². The van der Waals surface area contributed by atoms with Crippen LogP contribution in [0, 0.1) is 0 Å². The van der Waals surface area contributed by atoms with Crippen LogP contribution in [-0.2, 0) is 4.84 Å². The van der Waals surface area contributed by atoms with Gasteiger partial charge in [-0.1, -0.05) is 19.0 Å². The first-order valence-corrected chi connectivity index (χ1v) is 4.20. The van der Waals surface area contributed by atoms with E-state index in [9.17, 15) is 0 Å². The summed E-state index contributed by atoms with van der Waals surface area (Å²) in [6, 6.07) is 0. The molecule has 0 amide bonds. The van der Waals surface area contributed by atoms with Crippen molar-refractivity contribution in [1.82, 2.24) is 0 Å². The van der Waals surface area contributed by atoms with Crippen LogP contribution in [0.15, 0.2) is 5.16 Å². The average molecular weight is 156 g/mol. The third-order valence-electron chi connectivity index (χ3n) is 2.32. The van der Waals surface area contributed by atoms with E-state index < -0.39 is 0 Å². The van der Waals surface area contributed by atoms with Crippen LogP contribution in [0.2, 0.25) is 0 Å².